The van der Waals surface area contributed by atoms with Gasteiger partial charge in [0.2, 0.25) is 10.0 Å². The third kappa shape index (κ3) is 4.68. The second kappa shape index (κ2) is 8.55. The fourth-order valence-electron chi connectivity index (χ4n) is 3.47. The van der Waals surface area contributed by atoms with Crippen LogP contribution in [0.4, 0.5) is 14.5 Å². The number of sulfonamides is 1. The van der Waals surface area contributed by atoms with Gasteiger partial charge in [-0.05, 0) is 55.8 Å². The largest absolute Gasteiger partial charge is 0.378 e. The van der Waals surface area contributed by atoms with Gasteiger partial charge in [0, 0.05) is 38.4 Å². The molecule has 1 heterocycles. The number of hydrogen-bond donors (Lipinski definition) is 1. The van der Waals surface area contributed by atoms with Crippen molar-refractivity contribution in [2.24, 2.45) is 0 Å². The van der Waals surface area contributed by atoms with Crippen LogP contribution in [0.25, 0.3) is 0 Å². The van der Waals surface area contributed by atoms with E-state index in [0.717, 1.165) is 49.3 Å². The average molecular weight is 410 g/mol. The number of rotatable bonds is 7. The highest BCUT2D eigenvalue weighted by atomic mass is 32.2. The first-order valence-corrected chi connectivity index (χ1v) is 10.7. The number of likely N-dealkylation sites (tertiary alicyclic amines) is 1. The van der Waals surface area contributed by atoms with Gasteiger partial charge in [-0.15, -0.1) is 0 Å². The Morgan fingerprint density at radius 1 is 1.07 bits per heavy atom. The van der Waals surface area contributed by atoms with E-state index in [-0.39, 0.29) is 12.6 Å². The molecule has 0 aliphatic carbocycles. The van der Waals surface area contributed by atoms with E-state index in [9.17, 15) is 17.2 Å². The summed E-state index contributed by atoms with van der Waals surface area (Å²) in [6.45, 7) is 1.87. The van der Waals surface area contributed by atoms with Crippen molar-refractivity contribution in [2.45, 2.75) is 23.8 Å². The predicted octanol–water partition coefficient (Wildman–Crippen LogP) is 3.15. The summed E-state index contributed by atoms with van der Waals surface area (Å²) in [4.78, 5) is 3.68. The van der Waals surface area contributed by atoms with Crippen molar-refractivity contribution in [3.05, 3.63) is 59.7 Å². The highest BCUT2D eigenvalue weighted by Gasteiger charge is 2.27. The smallest absolute Gasteiger partial charge is 0.243 e. The molecule has 1 saturated heterocycles. The van der Waals surface area contributed by atoms with Crippen LogP contribution in [0.3, 0.4) is 0 Å². The fraction of sp³-hybridized carbons (Fsp3) is 0.400. The van der Waals surface area contributed by atoms with Crippen LogP contribution in [0.1, 0.15) is 24.4 Å². The molecule has 8 heteroatoms. The monoisotopic (exact) mass is 409 g/mol. The molecule has 0 aromatic heterocycles. The zero-order valence-electron chi connectivity index (χ0n) is 16.0. The molecule has 152 valence electrons. The number of hydrogen-bond acceptors (Lipinski definition) is 4. The summed E-state index contributed by atoms with van der Waals surface area (Å²) in [5.74, 6) is -1.91. The lowest BCUT2D eigenvalue weighted by Crippen LogP contribution is -2.37. The van der Waals surface area contributed by atoms with E-state index >= 15 is 0 Å². The van der Waals surface area contributed by atoms with E-state index in [0.29, 0.717) is 6.07 Å². The Kier molecular flexibility index (Phi) is 6.32. The molecular formula is C20H25F2N3O2S. The molecule has 0 radical (unpaired) electrons. The van der Waals surface area contributed by atoms with E-state index in [1.807, 2.05) is 43.3 Å². The molecule has 0 saturated carbocycles. The van der Waals surface area contributed by atoms with Crippen molar-refractivity contribution < 1.29 is 17.2 Å². The van der Waals surface area contributed by atoms with Crippen LogP contribution in [-0.4, -0.2) is 47.0 Å². The lowest BCUT2D eigenvalue weighted by atomic mass is 10.1. The summed E-state index contributed by atoms with van der Waals surface area (Å²) in [5.41, 5.74) is 2.05. The summed E-state index contributed by atoms with van der Waals surface area (Å²) in [6.07, 6.45) is 2.12. The minimum atomic E-state index is -4.09. The Balaban J connectivity index is 1.81. The quantitative estimate of drug-likeness (QED) is 0.763. The minimum Gasteiger partial charge on any atom is -0.378 e. The summed E-state index contributed by atoms with van der Waals surface area (Å²) in [5, 5.41) is 0. The van der Waals surface area contributed by atoms with Crippen molar-refractivity contribution in [2.75, 3.05) is 38.6 Å². The van der Waals surface area contributed by atoms with Gasteiger partial charge in [0.15, 0.2) is 0 Å². The molecule has 28 heavy (non-hydrogen) atoms. The molecule has 1 aliphatic rings. The maximum Gasteiger partial charge on any atom is 0.243 e. The molecule has 1 atom stereocenters. The van der Waals surface area contributed by atoms with Crippen molar-refractivity contribution >= 4 is 15.7 Å². The van der Waals surface area contributed by atoms with Gasteiger partial charge in [-0.2, -0.15) is 0 Å². The molecule has 5 nitrogen and oxygen atoms in total. The van der Waals surface area contributed by atoms with E-state index < -0.39 is 26.6 Å². The SMILES string of the molecule is CN(C)c1ccc([C@@H](CNS(=O)(=O)c2ccc(F)cc2F)N2CCCC2)cc1. The molecule has 0 unspecified atom stereocenters. The molecule has 3 rings (SSSR count). The van der Waals surface area contributed by atoms with Gasteiger partial charge in [-0.3, -0.25) is 4.90 Å². The van der Waals surface area contributed by atoms with Crippen LogP contribution < -0.4 is 9.62 Å². The zero-order chi connectivity index (χ0) is 20.3. The third-order valence-electron chi connectivity index (χ3n) is 5.03. The van der Waals surface area contributed by atoms with Crippen LogP contribution >= 0.6 is 0 Å². The highest BCUT2D eigenvalue weighted by molar-refractivity contribution is 7.89. The number of anilines is 1. The van der Waals surface area contributed by atoms with Crippen LogP contribution in [0.15, 0.2) is 47.4 Å². The molecule has 0 bridgehead atoms. The molecule has 1 fully saturated rings. The van der Waals surface area contributed by atoms with Crippen LogP contribution in [0.5, 0.6) is 0 Å². The normalized spacial score (nSPS) is 16.3. The summed E-state index contributed by atoms with van der Waals surface area (Å²) >= 11 is 0. The van der Waals surface area contributed by atoms with Crippen LogP contribution in [0, 0.1) is 11.6 Å². The van der Waals surface area contributed by atoms with Crippen LogP contribution in [0.2, 0.25) is 0 Å². The predicted molar refractivity (Wildman–Crippen MR) is 106 cm³/mol. The Bertz CT molecular complexity index is 912. The Morgan fingerprint density at radius 2 is 1.71 bits per heavy atom. The molecule has 0 amide bonds. The molecule has 2 aromatic rings. The Hall–Kier alpha value is -2.03. The maximum atomic E-state index is 13.9. The molecule has 1 N–H and O–H groups in total. The Labute approximate surface area is 165 Å². The standard InChI is InChI=1S/C20H25F2N3O2S/c1-24(2)17-8-5-15(6-9-17)19(25-11-3-4-12-25)14-23-28(26,27)20-10-7-16(21)13-18(20)22/h5-10,13,19,23H,3-4,11-12,14H2,1-2H3/t19-/m1/s1. The highest BCUT2D eigenvalue weighted by Crippen LogP contribution is 2.27. The molecule has 0 spiro atoms. The number of nitrogens with zero attached hydrogens (tertiary/aromatic N) is 2. The Morgan fingerprint density at radius 3 is 2.29 bits per heavy atom. The topological polar surface area (TPSA) is 52.7 Å². The lowest BCUT2D eigenvalue weighted by molar-refractivity contribution is 0.246. The van der Waals surface area contributed by atoms with E-state index in [1.54, 1.807) is 0 Å². The average Bonchev–Trinajstić information content (AvgIpc) is 3.16. The van der Waals surface area contributed by atoms with Gasteiger partial charge in [0.25, 0.3) is 0 Å². The van der Waals surface area contributed by atoms with Gasteiger partial charge in [-0.25, -0.2) is 21.9 Å². The van der Waals surface area contributed by atoms with Crippen molar-refractivity contribution in [3.63, 3.8) is 0 Å². The first-order valence-electron chi connectivity index (χ1n) is 9.24. The second-order valence-electron chi connectivity index (χ2n) is 7.17. The zero-order valence-corrected chi connectivity index (χ0v) is 16.8. The lowest BCUT2D eigenvalue weighted by Gasteiger charge is -2.28. The van der Waals surface area contributed by atoms with Gasteiger partial charge >= 0.3 is 0 Å². The first kappa shape index (κ1) is 20.7. The van der Waals surface area contributed by atoms with Gasteiger partial charge in [0.05, 0.1) is 0 Å². The van der Waals surface area contributed by atoms with E-state index in [1.165, 1.54) is 0 Å². The molecule has 2 aromatic carbocycles. The van der Waals surface area contributed by atoms with E-state index in [2.05, 4.69) is 9.62 Å². The summed E-state index contributed by atoms with van der Waals surface area (Å²) in [6, 6.07) is 10.3. The van der Waals surface area contributed by atoms with Gasteiger partial charge < -0.3 is 4.90 Å². The summed E-state index contributed by atoms with van der Waals surface area (Å²) < 4.78 is 54.7. The van der Waals surface area contributed by atoms with Gasteiger partial charge in [-0.1, -0.05) is 12.1 Å². The van der Waals surface area contributed by atoms with Crippen molar-refractivity contribution in [1.29, 1.82) is 0 Å². The van der Waals surface area contributed by atoms with Crippen LogP contribution in [-0.2, 0) is 10.0 Å². The van der Waals surface area contributed by atoms with E-state index in [4.69, 9.17) is 0 Å². The number of halogens is 2. The third-order valence-corrected chi connectivity index (χ3v) is 6.48. The fourth-order valence-corrected chi connectivity index (χ4v) is 4.56. The van der Waals surface area contributed by atoms with Crippen molar-refractivity contribution in [1.82, 2.24) is 9.62 Å². The molecule has 1 aliphatic heterocycles. The second-order valence-corrected chi connectivity index (χ2v) is 8.91. The minimum absolute atomic E-state index is 0.112. The van der Waals surface area contributed by atoms with Gasteiger partial charge in [0.1, 0.15) is 16.5 Å². The molecular weight excluding hydrogens is 384 g/mol. The maximum absolute atomic E-state index is 13.9. The van der Waals surface area contributed by atoms with Crippen molar-refractivity contribution in [3.8, 4) is 0 Å². The number of nitrogens with one attached hydrogen (secondary N) is 1. The summed E-state index contributed by atoms with van der Waals surface area (Å²) in [7, 11) is -0.175. The number of benzene rings is 2. The first-order chi connectivity index (χ1) is 13.3.